The SMILES string of the molecule is CC(C)CCN1C[C@H](C)[C@@](O)(c2ccccc2)C[C@@H]1C. The summed E-state index contributed by atoms with van der Waals surface area (Å²) in [6.07, 6.45) is 2.07. The van der Waals surface area contributed by atoms with Gasteiger partial charge in [-0.05, 0) is 37.8 Å². The van der Waals surface area contributed by atoms with Crippen molar-refractivity contribution in [1.82, 2.24) is 4.90 Å². The number of nitrogens with zero attached hydrogens (tertiary/aromatic N) is 1. The number of benzene rings is 1. The van der Waals surface area contributed by atoms with Gasteiger partial charge >= 0.3 is 0 Å². The van der Waals surface area contributed by atoms with E-state index in [0.29, 0.717) is 6.04 Å². The molecule has 1 aromatic carbocycles. The van der Waals surface area contributed by atoms with E-state index in [0.717, 1.165) is 31.0 Å². The van der Waals surface area contributed by atoms with Crippen molar-refractivity contribution >= 4 is 0 Å². The Hall–Kier alpha value is -0.860. The van der Waals surface area contributed by atoms with Crippen molar-refractivity contribution in [3.05, 3.63) is 35.9 Å². The topological polar surface area (TPSA) is 23.5 Å². The minimum atomic E-state index is -0.672. The summed E-state index contributed by atoms with van der Waals surface area (Å²) in [6.45, 7) is 11.1. The number of hydrogen-bond acceptors (Lipinski definition) is 2. The monoisotopic (exact) mass is 275 g/mol. The molecule has 2 rings (SSSR count). The summed E-state index contributed by atoms with van der Waals surface area (Å²) in [5.74, 6) is 1.01. The molecule has 3 atom stereocenters. The molecule has 1 saturated heterocycles. The van der Waals surface area contributed by atoms with Crippen molar-refractivity contribution in [3.63, 3.8) is 0 Å². The van der Waals surface area contributed by atoms with Gasteiger partial charge in [-0.3, -0.25) is 0 Å². The molecule has 1 fully saturated rings. The summed E-state index contributed by atoms with van der Waals surface area (Å²) in [4.78, 5) is 2.54. The summed E-state index contributed by atoms with van der Waals surface area (Å²) < 4.78 is 0. The molecular weight excluding hydrogens is 246 g/mol. The van der Waals surface area contributed by atoms with E-state index in [2.05, 4.69) is 44.7 Å². The molecule has 0 aliphatic carbocycles. The molecule has 112 valence electrons. The van der Waals surface area contributed by atoms with Gasteiger partial charge in [0, 0.05) is 18.5 Å². The maximum absolute atomic E-state index is 11.2. The van der Waals surface area contributed by atoms with Gasteiger partial charge in [0.2, 0.25) is 0 Å². The molecule has 0 bridgehead atoms. The Morgan fingerprint density at radius 1 is 1.25 bits per heavy atom. The molecule has 0 unspecified atom stereocenters. The summed E-state index contributed by atoms with van der Waals surface area (Å²) in [7, 11) is 0. The maximum Gasteiger partial charge on any atom is 0.0948 e. The van der Waals surface area contributed by atoms with Crippen LogP contribution in [-0.2, 0) is 5.60 Å². The lowest BCUT2D eigenvalue weighted by atomic mass is 9.74. The molecule has 0 spiro atoms. The zero-order valence-electron chi connectivity index (χ0n) is 13.3. The zero-order valence-corrected chi connectivity index (χ0v) is 13.3. The highest BCUT2D eigenvalue weighted by Gasteiger charge is 2.42. The quantitative estimate of drug-likeness (QED) is 0.906. The molecule has 1 aromatic rings. The van der Waals surface area contributed by atoms with Crippen LogP contribution in [0.5, 0.6) is 0 Å². The number of aliphatic hydroxyl groups is 1. The predicted molar refractivity (Wildman–Crippen MR) is 84.6 cm³/mol. The van der Waals surface area contributed by atoms with Gasteiger partial charge in [-0.15, -0.1) is 0 Å². The van der Waals surface area contributed by atoms with Crippen LogP contribution in [0.4, 0.5) is 0 Å². The Morgan fingerprint density at radius 2 is 1.90 bits per heavy atom. The van der Waals surface area contributed by atoms with Crippen LogP contribution in [0, 0.1) is 11.8 Å². The minimum Gasteiger partial charge on any atom is -0.385 e. The second-order valence-corrected chi connectivity index (χ2v) is 6.92. The van der Waals surface area contributed by atoms with E-state index in [4.69, 9.17) is 0 Å². The molecule has 0 radical (unpaired) electrons. The number of piperidine rings is 1. The van der Waals surface area contributed by atoms with Crippen molar-refractivity contribution in [2.45, 2.75) is 52.2 Å². The first kappa shape index (κ1) is 15.5. The van der Waals surface area contributed by atoms with E-state index < -0.39 is 5.60 Å². The van der Waals surface area contributed by atoms with E-state index in [1.165, 1.54) is 6.42 Å². The first-order valence-corrected chi connectivity index (χ1v) is 7.95. The fraction of sp³-hybridized carbons (Fsp3) is 0.667. The molecule has 1 heterocycles. The lowest BCUT2D eigenvalue weighted by Crippen LogP contribution is -2.53. The van der Waals surface area contributed by atoms with E-state index in [1.807, 2.05) is 18.2 Å². The minimum absolute atomic E-state index is 0.272. The van der Waals surface area contributed by atoms with Crippen LogP contribution in [0.25, 0.3) is 0 Å². The van der Waals surface area contributed by atoms with E-state index >= 15 is 0 Å². The van der Waals surface area contributed by atoms with Gasteiger partial charge in [0.25, 0.3) is 0 Å². The largest absolute Gasteiger partial charge is 0.385 e. The fourth-order valence-electron chi connectivity index (χ4n) is 3.33. The smallest absolute Gasteiger partial charge is 0.0948 e. The third-order valence-electron chi connectivity index (χ3n) is 4.82. The summed E-state index contributed by atoms with van der Waals surface area (Å²) in [5, 5.41) is 11.2. The number of hydrogen-bond donors (Lipinski definition) is 1. The Kier molecular flexibility index (Phi) is 4.87. The second kappa shape index (κ2) is 6.28. The highest BCUT2D eigenvalue weighted by Crippen LogP contribution is 2.39. The Morgan fingerprint density at radius 3 is 2.50 bits per heavy atom. The molecule has 0 aromatic heterocycles. The zero-order chi connectivity index (χ0) is 14.8. The molecule has 20 heavy (non-hydrogen) atoms. The second-order valence-electron chi connectivity index (χ2n) is 6.92. The van der Waals surface area contributed by atoms with Gasteiger partial charge in [-0.25, -0.2) is 0 Å². The number of likely N-dealkylation sites (tertiary alicyclic amines) is 1. The predicted octanol–water partition coefficient (Wildman–Crippen LogP) is 3.65. The average molecular weight is 275 g/mol. The molecule has 1 N–H and O–H groups in total. The van der Waals surface area contributed by atoms with Crippen LogP contribution >= 0.6 is 0 Å². The summed E-state index contributed by atoms with van der Waals surface area (Å²) in [5.41, 5.74) is 0.400. The third-order valence-corrected chi connectivity index (χ3v) is 4.82. The van der Waals surface area contributed by atoms with Crippen LogP contribution in [0.2, 0.25) is 0 Å². The highest BCUT2D eigenvalue weighted by molar-refractivity contribution is 5.24. The standard InChI is InChI=1S/C18H29NO/c1-14(2)10-11-19-13-15(3)18(20,12-16(19)4)17-8-6-5-7-9-17/h5-9,14-16,20H,10-13H2,1-4H3/t15-,16-,18+/m0/s1. The van der Waals surface area contributed by atoms with Crippen molar-refractivity contribution in [2.75, 3.05) is 13.1 Å². The fourth-order valence-corrected chi connectivity index (χ4v) is 3.33. The van der Waals surface area contributed by atoms with Crippen molar-refractivity contribution in [3.8, 4) is 0 Å². The molecule has 1 aliphatic rings. The molecular formula is C18H29NO. The van der Waals surface area contributed by atoms with Crippen molar-refractivity contribution < 1.29 is 5.11 Å². The summed E-state index contributed by atoms with van der Waals surface area (Å²) in [6, 6.07) is 10.6. The maximum atomic E-state index is 11.2. The normalized spacial score (nSPS) is 31.7. The Bertz CT molecular complexity index is 417. The Labute approximate surface area is 123 Å². The van der Waals surface area contributed by atoms with Gasteiger partial charge in [0.05, 0.1) is 5.60 Å². The molecule has 2 heteroatoms. The average Bonchev–Trinajstić information content (AvgIpc) is 2.42. The van der Waals surface area contributed by atoms with Crippen LogP contribution in [0.3, 0.4) is 0 Å². The first-order chi connectivity index (χ1) is 9.43. The van der Waals surface area contributed by atoms with Gasteiger partial charge in [-0.1, -0.05) is 51.1 Å². The van der Waals surface area contributed by atoms with E-state index in [1.54, 1.807) is 0 Å². The highest BCUT2D eigenvalue weighted by atomic mass is 16.3. The molecule has 0 saturated carbocycles. The van der Waals surface area contributed by atoms with Gasteiger partial charge in [0.15, 0.2) is 0 Å². The van der Waals surface area contributed by atoms with Crippen LogP contribution in [0.15, 0.2) is 30.3 Å². The molecule has 2 nitrogen and oxygen atoms in total. The molecule has 1 aliphatic heterocycles. The van der Waals surface area contributed by atoms with Crippen molar-refractivity contribution in [1.29, 1.82) is 0 Å². The van der Waals surface area contributed by atoms with Crippen molar-refractivity contribution in [2.24, 2.45) is 11.8 Å². The lowest BCUT2D eigenvalue weighted by molar-refractivity contribution is -0.0911. The Balaban J connectivity index is 2.09. The first-order valence-electron chi connectivity index (χ1n) is 7.95. The lowest BCUT2D eigenvalue weighted by Gasteiger charge is -2.47. The van der Waals surface area contributed by atoms with Crippen LogP contribution in [0.1, 0.15) is 46.1 Å². The van der Waals surface area contributed by atoms with Crippen LogP contribution in [-0.4, -0.2) is 29.1 Å². The van der Waals surface area contributed by atoms with E-state index in [9.17, 15) is 5.11 Å². The van der Waals surface area contributed by atoms with Gasteiger partial charge in [-0.2, -0.15) is 0 Å². The van der Waals surface area contributed by atoms with Gasteiger partial charge < -0.3 is 10.0 Å². The van der Waals surface area contributed by atoms with E-state index in [-0.39, 0.29) is 5.92 Å². The third kappa shape index (κ3) is 3.24. The van der Waals surface area contributed by atoms with Crippen LogP contribution < -0.4 is 0 Å². The molecule has 0 amide bonds. The van der Waals surface area contributed by atoms with Gasteiger partial charge in [0.1, 0.15) is 0 Å². The summed E-state index contributed by atoms with van der Waals surface area (Å²) >= 11 is 0. The number of rotatable bonds is 4.